The molecule has 14 nitrogen and oxygen atoms in total. The van der Waals surface area contributed by atoms with Crippen LogP contribution >= 0.6 is 0 Å². The highest BCUT2D eigenvalue weighted by molar-refractivity contribution is 5.91. The van der Waals surface area contributed by atoms with Crippen molar-refractivity contribution in [3.63, 3.8) is 0 Å². The number of nitrogens with one attached hydrogen (secondary N) is 4. The molecule has 0 fully saturated rings. The average molecular weight is 456 g/mol. The second kappa shape index (κ2) is 12.8. The largest absolute Gasteiger partial charge is 0.492 e. The van der Waals surface area contributed by atoms with Gasteiger partial charge in [0, 0.05) is 18.7 Å². The molecular formula is C18H28N6O8. The number of aromatic nitrogens is 1. The first-order valence-electron chi connectivity index (χ1n) is 9.63. The van der Waals surface area contributed by atoms with Crippen LogP contribution in [0.25, 0.3) is 0 Å². The summed E-state index contributed by atoms with van der Waals surface area (Å²) in [6.07, 6.45) is 0.655. The van der Waals surface area contributed by atoms with Gasteiger partial charge >= 0.3 is 5.97 Å². The minimum absolute atomic E-state index is 0.0575. The van der Waals surface area contributed by atoms with Gasteiger partial charge in [-0.1, -0.05) is 13.8 Å². The van der Waals surface area contributed by atoms with Crippen LogP contribution in [0, 0.1) is 5.92 Å². The normalized spacial score (nSPS) is 12.4. The zero-order valence-corrected chi connectivity index (χ0v) is 17.7. The van der Waals surface area contributed by atoms with E-state index in [-0.39, 0.29) is 19.0 Å². The third-order valence-corrected chi connectivity index (χ3v) is 3.93. The van der Waals surface area contributed by atoms with Gasteiger partial charge in [-0.15, -0.1) is 4.73 Å². The molecule has 1 aromatic heterocycles. The Kier molecular flexibility index (Phi) is 10.5. The fourth-order valence-corrected chi connectivity index (χ4v) is 2.40. The lowest BCUT2D eigenvalue weighted by atomic mass is 10.0. The fraction of sp³-hybridized carbons (Fsp3) is 0.500. The molecular weight excluding hydrogens is 428 g/mol. The van der Waals surface area contributed by atoms with Crippen LogP contribution < -0.4 is 31.8 Å². The molecule has 0 aliphatic carbocycles. The van der Waals surface area contributed by atoms with Gasteiger partial charge in [-0.05, 0) is 12.3 Å². The van der Waals surface area contributed by atoms with Crippen LogP contribution in [0.3, 0.4) is 0 Å². The van der Waals surface area contributed by atoms with E-state index >= 15 is 0 Å². The average Bonchev–Trinajstić information content (AvgIpc) is 3.05. The Morgan fingerprint density at radius 1 is 1.09 bits per heavy atom. The van der Waals surface area contributed by atoms with Gasteiger partial charge in [-0.3, -0.25) is 19.2 Å². The summed E-state index contributed by atoms with van der Waals surface area (Å²) in [5.41, 5.74) is 5.60. The number of nitrogens with two attached hydrogens (primary N) is 1. The van der Waals surface area contributed by atoms with Gasteiger partial charge in [-0.2, -0.15) is 0 Å². The number of amides is 4. The second-order valence-corrected chi connectivity index (χ2v) is 7.13. The Balaban J connectivity index is 2.47. The first kappa shape index (κ1) is 26.2. The van der Waals surface area contributed by atoms with E-state index in [1.165, 1.54) is 0 Å². The molecule has 32 heavy (non-hydrogen) atoms. The molecule has 2 atom stereocenters. The van der Waals surface area contributed by atoms with E-state index in [9.17, 15) is 34.2 Å². The first-order chi connectivity index (χ1) is 15.0. The predicted octanol–water partition coefficient (Wildman–Crippen LogP) is -3.31. The molecule has 0 radical (unpaired) electrons. The van der Waals surface area contributed by atoms with Crippen molar-refractivity contribution >= 4 is 30.1 Å². The van der Waals surface area contributed by atoms with Gasteiger partial charge < -0.3 is 42.1 Å². The molecule has 0 spiro atoms. The second-order valence-electron chi connectivity index (χ2n) is 7.13. The number of hydrogen-bond donors (Lipinski definition) is 7. The molecule has 1 aromatic rings. The van der Waals surface area contributed by atoms with Crippen molar-refractivity contribution in [2.75, 3.05) is 19.6 Å². The molecule has 0 aromatic carbocycles. The van der Waals surface area contributed by atoms with Gasteiger partial charge in [0.15, 0.2) is 0 Å². The highest BCUT2D eigenvalue weighted by atomic mass is 16.7. The van der Waals surface area contributed by atoms with Crippen molar-refractivity contribution in [2.24, 2.45) is 11.7 Å². The van der Waals surface area contributed by atoms with Crippen molar-refractivity contribution in [3.05, 3.63) is 12.1 Å². The maximum absolute atomic E-state index is 12.3. The van der Waals surface area contributed by atoms with Crippen molar-refractivity contribution in [3.8, 4) is 11.8 Å². The maximum atomic E-state index is 12.3. The van der Waals surface area contributed by atoms with Crippen LogP contribution in [0.4, 0.5) is 0 Å². The van der Waals surface area contributed by atoms with E-state index in [4.69, 9.17) is 10.6 Å². The van der Waals surface area contributed by atoms with Crippen LogP contribution in [0.1, 0.15) is 20.3 Å². The third-order valence-electron chi connectivity index (χ3n) is 3.93. The minimum Gasteiger partial charge on any atom is -0.492 e. The molecule has 0 aliphatic rings. The van der Waals surface area contributed by atoms with Crippen LogP contribution in [0.2, 0.25) is 0 Å². The Hall–Kier alpha value is -3.81. The summed E-state index contributed by atoms with van der Waals surface area (Å²) in [5.74, 6) is -3.87. The van der Waals surface area contributed by atoms with Gasteiger partial charge in [0.05, 0.1) is 13.1 Å². The van der Waals surface area contributed by atoms with Gasteiger partial charge in [0.1, 0.15) is 12.1 Å². The molecule has 2 unspecified atom stereocenters. The summed E-state index contributed by atoms with van der Waals surface area (Å²) in [6.45, 7) is 2.60. The molecule has 8 N–H and O–H groups in total. The molecule has 0 saturated heterocycles. The number of nitrogens with zero attached hydrogens (tertiary/aromatic N) is 1. The van der Waals surface area contributed by atoms with E-state index in [0.717, 1.165) is 12.1 Å². The summed E-state index contributed by atoms with van der Waals surface area (Å²) in [7, 11) is 0. The van der Waals surface area contributed by atoms with E-state index in [1.54, 1.807) is 0 Å². The molecule has 0 saturated carbocycles. The highest BCUT2D eigenvalue weighted by Gasteiger charge is 2.23. The van der Waals surface area contributed by atoms with Crippen molar-refractivity contribution in [1.29, 1.82) is 0 Å². The number of rotatable bonds is 13. The summed E-state index contributed by atoms with van der Waals surface area (Å²) in [6, 6.07) is -0.0595. The van der Waals surface area contributed by atoms with E-state index in [2.05, 4.69) is 21.3 Å². The monoisotopic (exact) mass is 456 g/mol. The predicted molar refractivity (Wildman–Crippen MR) is 109 cm³/mol. The van der Waals surface area contributed by atoms with Crippen LogP contribution in [0.15, 0.2) is 12.1 Å². The molecule has 4 amide bonds. The highest BCUT2D eigenvalue weighted by Crippen LogP contribution is 2.18. The standard InChI is InChI=1S/C18H28N6O8/c1-10(2)5-12(23-14(27)7-20-9-25)17(30)22-8-13(26)21-6-11(19)18(31)32-24-15(28)3-4-16(24)29/h3-4,9-12,28-29H,5-8,19H2,1-2H3,(H,20,25)(H,21,26)(H,22,30)(H,23,27). The number of carbonyl (C=O) groups excluding carboxylic acids is 5. The fourth-order valence-electron chi connectivity index (χ4n) is 2.40. The quantitative estimate of drug-likeness (QED) is 0.148. The van der Waals surface area contributed by atoms with Crippen molar-refractivity contribution in [2.45, 2.75) is 32.4 Å². The molecule has 0 bridgehead atoms. The van der Waals surface area contributed by atoms with Gasteiger partial charge in [0.2, 0.25) is 35.9 Å². The van der Waals surface area contributed by atoms with E-state index < -0.39 is 54.1 Å². The lowest BCUT2D eigenvalue weighted by molar-refractivity contribution is -0.147. The zero-order valence-electron chi connectivity index (χ0n) is 17.7. The smallest absolute Gasteiger partial charge is 0.351 e. The van der Waals surface area contributed by atoms with E-state index in [1.807, 2.05) is 13.8 Å². The lowest BCUT2D eigenvalue weighted by Crippen LogP contribution is -2.52. The number of aromatic hydroxyl groups is 2. The minimum atomic E-state index is -1.32. The Morgan fingerprint density at radius 2 is 1.72 bits per heavy atom. The topological polar surface area (TPSA) is 214 Å². The van der Waals surface area contributed by atoms with E-state index in [0.29, 0.717) is 17.6 Å². The third kappa shape index (κ3) is 8.91. The lowest BCUT2D eigenvalue weighted by Gasteiger charge is -2.20. The summed E-state index contributed by atoms with van der Waals surface area (Å²) >= 11 is 0. The summed E-state index contributed by atoms with van der Waals surface area (Å²) < 4.78 is 0.456. The first-order valence-corrected chi connectivity index (χ1v) is 9.63. The van der Waals surface area contributed by atoms with Crippen molar-refractivity contribution in [1.82, 2.24) is 26.0 Å². The van der Waals surface area contributed by atoms with Gasteiger partial charge in [-0.25, -0.2) is 4.79 Å². The SMILES string of the molecule is CC(C)CC(NC(=O)CNC=O)C(=O)NCC(=O)NCC(N)C(=O)On1c(O)ccc1O. The Morgan fingerprint density at radius 3 is 2.28 bits per heavy atom. The van der Waals surface area contributed by atoms with Crippen LogP contribution in [-0.2, 0) is 24.0 Å². The van der Waals surface area contributed by atoms with Crippen molar-refractivity contribution < 1.29 is 39.0 Å². The molecule has 0 aliphatic heterocycles. The molecule has 14 heteroatoms. The molecule has 1 rings (SSSR count). The van der Waals surface area contributed by atoms with Gasteiger partial charge in [0.25, 0.3) is 0 Å². The van der Waals surface area contributed by atoms with Crippen LogP contribution in [0.5, 0.6) is 11.8 Å². The number of carbonyl (C=O) groups is 5. The van der Waals surface area contributed by atoms with Crippen LogP contribution in [-0.4, -0.2) is 76.8 Å². The zero-order chi connectivity index (χ0) is 24.3. The molecule has 1 heterocycles. The summed E-state index contributed by atoms with van der Waals surface area (Å²) in [5, 5.41) is 28.2. The Labute approximate surface area is 183 Å². The summed E-state index contributed by atoms with van der Waals surface area (Å²) in [4.78, 5) is 62.9. The molecule has 178 valence electrons. The Bertz CT molecular complexity index is 805. The maximum Gasteiger partial charge on any atom is 0.351 e. The number of hydrogen-bond acceptors (Lipinski definition) is 9.